The molecule has 0 spiro atoms. The van der Waals surface area contributed by atoms with Gasteiger partial charge >= 0.3 is 0 Å². The lowest BCUT2D eigenvalue weighted by Gasteiger charge is -2.23. The third-order valence-electron chi connectivity index (χ3n) is 11.8. The highest BCUT2D eigenvalue weighted by molar-refractivity contribution is 7.26. The molecule has 1 nitrogen and oxygen atoms in total. The molecule has 0 saturated heterocycles. The summed E-state index contributed by atoms with van der Waals surface area (Å²) < 4.78 is 5.09. The molecule has 0 bridgehead atoms. The summed E-state index contributed by atoms with van der Waals surface area (Å²) >= 11 is 1.89. The normalized spacial score (nSPS) is 11.9. The molecule has 2 aromatic heterocycles. The standard InChI is InChI=1S/C54H33NS/c1-2-13-37(14-3-1)55-51-29-26-35(32-49(51)50-33-36(27-30-52(50)55)38-22-12-23-47-46-21-10-11-24-53(46)56-54(38)47)34-25-28-45-43-19-7-6-17-41(43)39-15-4-5-16-40(39)42-18-8-9-20-44(42)48(45)31-34/h1-33H. The third-order valence-corrected chi connectivity index (χ3v) is 13.0. The topological polar surface area (TPSA) is 4.93 Å². The number of rotatable bonds is 3. The molecule has 0 saturated carbocycles. The van der Waals surface area contributed by atoms with Gasteiger partial charge in [0.05, 0.1) is 11.0 Å². The largest absolute Gasteiger partial charge is 0.309 e. The summed E-state index contributed by atoms with van der Waals surface area (Å²) in [4.78, 5) is 0. The summed E-state index contributed by atoms with van der Waals surface area (Å²) in [6.45, 7) is 0. The fraction of sp³-hybridized carbons (Fsp3) is 0. The van der Waals surface area contributed by atoms with Crippen LogP contribution >= 0.6 is 11.3 Å². The maximum absolute atomic E-state index is 2.42. The Morgan fingerprint density at radius 2 is 0.750 bits per heavy atom. The highest BCUT2D eigenvalue weighted by Crippen LogP contribution is 2.49. The van der Waals surface area contributed by atoms with Gasteiger partial charge in [-0.05, 0) is 115 Å². The van der Waals surface area contributed by atoms with Gasteiger partial charge in [-0.3, -0.25) is 0 Å². The van der Waals surface area contributed by atoms with Crippen molar-refractivity contribution in [3.63, 3.8) is 0 Å². The lowest BCUT2D eigenvalue weighted by molar-refractivity contribution is 1.18. The van der Waals surface area contributed by atoms with Gasteiger partial charge in [0.15, 0.2) is 0 Å². The van der Waals surface area contributed by atoms with Crippen molar-refractivity contribution in [2.45, 2.75) is 0 Å². The molecule has 0 atom stereocenters. The summed E-state index contributed by atoms with van der Waals surface area (Å²) in [5.74, 6) is 0. The van der Waals surface area contributed by atoms with E-state index in [1.807, 2.05) is 11.3 Å². The first-order chi connectivity index (χ1) is 27.8. The molecule has 11 aromatic rings. The first-order valence-electron chi connectivity index (χ1n) is 19.3. The van der Waals surface area contributed by atoms with Crippen molar-refractivity contribution in [2.24, 2.45) is 0 Å². The smallest absolute Gasteiger partial charge is 0.0541 e. The number of benzene rings is 9. The molecule has 260 valence electrons. The van der Waals surface area contributed by atoms with Crippen LogP contribution in [0.5, 0.6) is 0 Å². The average molecular weight is 728 g/mol. The van der Waals surface area contributed by atoms with E-state index in [4.69, 9.17) is 0 Å². The molecule has 0 N–H and O–H groups in total. The molecule has 2 heteroatoms. The van der Waals surface area contributed by atoms with Crippen molar-refractivity contribution >= 4 is 53.3 Å². The predicted molar refractivity (Wildman–Crippen MR) is 240 cm³/mol. The van der Waals surface area contributed by atoms with E-state index >= 15 is 0 Å². The molecule has 1 aliphatic carbocycles. The molecule has 2 heterocycles. The first-order valence-corrected chi connectivity index (χ1v) is 20.1. The number of thiophene rings is 1. The van der Waals surface area contributed by atoms with Gasteiger partial charge in [0.1, 0.15) is 0 Å². The fourth-order valence-corrected chi connectivity index (χ4v) is 10.5. The van der Waals surface area contributed by atoms with Crippen LogP contribution in [0.25, 0.3) is 114 Å². The van der Waals surface area contributed by atoms with Crippen molar-refractivity contribution in [1.29, 1.82) is 0 Å². The van der Waals surface area contributed by atoms with Crippen LogP contribution in [-0.4, -0.2) is 4.57 Å². The van der Waals surface area contributed by atoms with Crippen LogP contribution in [0.2, 0.25) is 0 Å². The van der Waals surface area contributed by atoms with Crippen LogP contribution in [0.15, 0.2) is 200 Å². The minimum Gasteiger partial charge on any atom is -0.309 e. The zero-order valence-electron chi connectivity index (χ0n) is 30.4. The second-order valence-electron chi connectivity index (χ2n) is 14.8. The number of fused-ring (bicyclic) bond motifs is 14. The van der Waals surface area contributed by atoms with Crippen LogP contribution in [0.4, 0.5) is 0 Å². The Morgan fingerprint density at radius 1 is 0.286 bits per heavy atom. The fourth-order valence-electron chi connectivity index (χ4n) is 9.24. The van der Waals surface area contributed by atoms with E-state index in [0.29, 0.717) is 0 Å². The molecule has 56 heavy (non-hydrogen) atoms. The van der Waals surface area contributed by atoms with Crippen molar-refractivity contribution in [1.82, 2.24) is 4.57 Å². The molecular weight excluding hydrogens is 695 g/mol. The van der Waals surface area contributed by atoms with Gasteiger partial charge in [0.25, 0.3) is 0 Å². The predicted octanol–water partition coefficient (Wildman–Crippen LogP) is 15.5. The first kappa shape index (κ1) is 31.4. The monoisotopic (exact) mass is 727 g/mol. The van der Waals surface area contributed by atoms with Crippen LogP contribution in [0.3, 0.4) is 0 Å². The zero-order valence-corrected chi connectivity index (χ0v) is 31.2. The Kier molecular flexibility index (Phi) is 6.87. The highest BCUT2D eigenvalue weighted by atomic mass is 32.1. The zero-order chi connectivity index (χ0) is 36.7. The molecule has 0 unspecified atom stereocenters. The van der Waals surface area contributed by atoms with Crippen LogP contribution in [-0.2, 0) is 0 Å². The van der Waals surface area contributed by atoms with Gasteiger partial charge < -0.3 is 4.57 Å². The summed E-state index contributed by atoms with van der Waals surface area (Å²) in [6, 6.07) is 74.1. The molecular formula is C54H33NS. The summed E-state index contributed by atoms with van der Waals surface area (Å²) in [7, 11) is 0. The number of aromatic nitrogens is 1. The Hall–Kier alpha value is -7.00. The van der Waals surface area contributed by atoms with Gasteiger partial charge in [-0.2, -0.15) is 0 Å². The van der Waals surface area contributed by atoms with E-state index in [1.165, 1.54) is 109 Å². The van der Waals surface area contributed by atoms with E-state index in [0.717, 1.165) is 5.69 Å². The molecule has 1 aliphatic rings. The summed E-state index contributed by atoms with van der Waals surface area (Å²) in [5.41, 5.74) is 18.6. The van der Waals surface area contributed by atoms with E-state index in [2.05, 4.69) is 205 Å². The molecule has 0 radical (unpaired) electrons. The summed E-state index contributed by atoms with van der Waals surface area (Å²) in [5, 5.41) is 5.15. The van der Waals surface area contributed by atoms with E-state index in [1.54, 1.807) is 0 Å². The molecule has 9 aromatic carbocycles. The number of hydrogen-bond donors (Lipinski definition) is 0. The lowest BCUT2D eigenvalue weighted by atomic mass is 9.80. The van der Waals surface area contributed by atoms with Crippen molar-refractivity contribution in [3.05, 3.63) is 200 Å². The van der Waals surface area contributed by atoms with Gasteiger partial charge in [0, 0.05) is 36.6 Å². The van der Waals surface area contributed by atoms with E-state index in [-0.39, 0.29) is 0 Å². The Labute approximate surface area is 329 Å². The number of para-hydroxylation sites is 1. The minimum atomic E-state index is 1.16. The Bertz CT molecular complexity index is 3360. The summed E-state index contributed by atoms with van der Waals surface area (Å²) in [6.07, 6.45) is 0. The maximum atomic E-state index is 2.42. The second-order valence-corrected chi connectivity index (χ2v) is 15.9. The van der Waals surface area contributed by atoms with Crippen molar-refractivity contribution in [3.8, 4) is 72.4 Å². The molecule has 0 fully saturated rings. The van der Waals surface area contributed by atoms with E-state index < -0.39 is 0 Å². The minimum absolute atomic E-state index is 1.16. The molecule has 12 rings (SSSR count). The van der Waals surface area contributed by atoms with Gasteiger partial charge in [-0.25, -0.2) is 0 Å². The average Bonchev–Trinajstić information content (AvgIpc) is 3.81. The highest BCUT2D eigenvalue weighted by Gasteiger charge is 2.22. The van der Waals surface area contributed by atoms with Gasteiger partial charge in [-0.15, -0.1) is 11.3 Å². The van der Waals surface area contributed by atoms with Gasteiger partial charge in [-0.1, -0.05) is 152 Å². The van der Waals surface area contributed by atoms with Crippen molar-refractivity contribution in [2.75, 3.05) is 0 Å². The third kappa shape index (κ3) is 4.67. The maximum Gasteiger partial charge on any atom is 0.0541 e. The lowest BCUT2D eigenvalue weighted by Crippen LogP contribution is -1.97. The Morgan fingerprint density at radius 3 is 1.41 bits per heavy atom. The Balaban J connectivity index is 1.09. The molecule has 0 amide bonds. The van der Waals surface area contributed by atoms with Gasteiger partial charge in [0.2, 0.25) is 0 Å². The van der Waals surface area contributed by atoms with Crippen molar-refractivity contribution < 1.29 is 0 Å². The second kappa shape index (κ2) is 12.3. The number of nitrogens with zero attached hydrogens (tertiary/aromatic N) is 1. The molecule has 0 aliphatic heterocycles. The number of hydrogen-bond acceptors (Lipinski definition) is 1. The quantitative estimate of drug-likeness (QED) is 0.171. The van der Waals surface area contributed by atoms with Crippen LogP contribution in [0.1, 0.15) is 0 Å². The van der Waals surface area contributed by atoms with Crippen LogP contribution < -0.4 is 0 Å². The van der Waals surface area contributed by atoms with E-state index in [9.17, 15) is 0 Å². The SMILES string of the molecule is c1ccc(-n2c3ccc(-c4ccc5c(c4)-c4ccccc4-c4ccccc4-c4ccccc4-5)cc3c3cc(-c4cccc5c4sc4ccccc45)ccc32)cc1. The van der Waals surface area contributed by atoms with Crippen LogP contribution in [0, 0.1) is 0 Å².